The van der Waals surface area contributed by atoms with Crippen molar-refractivity contribution in [2.24, 2.45) is 5.92 Å². The van der Waals surface area contributed by atoms with Crippen LogP contribution in [0, 0.1) is 5.92 Å². The van der Waals surface area contributed by atoms with Gasteiger partial charge in [0.15, 0.2) is 0 Å². The number of benzene rings is 2. The van der Waals surface area contributed by atoms with Gasteiger partial charge < -0.3 is 5.73 Å². The lowest BCUT2D eigenvalue weighted by molar-refractivity contribution is 0.365. The van der Waals surface area contributed by atoms with Crippen molar-refractivity contribution in [3.63, 3.8) is 0 Å². The average molecular weight is 338 g/mol. The molecule has 0 spiro atoms. The fraction of sp³-hybridized carbons (Fsp3) is 0.350. The van der Waals surface area contributed by atoms with Gasteiger partial charge in [0.25, 0.3) is 0 Å². The summed E-state index contributed by atoms with van der Waals surface area (Å²) in [7, 11) is 0. The Hall–Kier alpha value is -2.07. The fourth-order valence-electron chi connectivity index (χ4n) is 4.00. The number of nitrogen functional groups attached to an aromatic ring is 1. The minimum absolute atomic E-state index is 0.155. The molecule has 1 unspecified atom stereocenters. The van der Waals surface area contributed by atoms with Crippen LogP contribution in [0.3, 0.4) is 0 Å². The fourth-order valence-corrected chi connectivity index (χ4v) is 5.01. The van der Waals surface area contributed by atoms with Gasteiger partial charge in [0.2, 0.25) is 0 Å². The van der Waals surface area contributed by atoms with Crippen molar-refractivity contribution in [3.8, 4) is 11.1 Å². The van der Waals surface area contributed by atoms with E-state index >= 15 is 0 Å². The summed E-state index contributed by atoms with van der Waals surface area (Å²) in [5.74, 6) is 0.630. The second-order valence-corrected chi connectivity index (χ2v) is 7.79. The van der Waals surface area contributed by atoms with E-state index in [0.717, 1.165) is 27.0 Å². The van der Waals surface area contributed by atoms with E-state index in [1.807, 2.05) is 28.8 Å². The van der Waals surface area contributed by atoms with Crippen LogP contribution < -0.4 is 10.6 Å². The lowest BCUT2D eigenvalue weighted by atomic mass is 9.99. The number of nitrogens with zero attached hydrogens (tertiary/aromatic N) is 1. The Morgan fingerprint density at radius 1 is 1.17 bits per heavy atom. The number of aromatic nitrogens is 1. The van der Waals surface area contributed by atoms with Gasteiger partial charge in [-0.25, -0.2) is 0 Å². The Balaban J connectivity index is 1.80. The molecule has 0 amide bonds. The molecule has 1 aliphatic rings. The van der Waals surface area contributed by atoms with Gasteiger partial charge in [-0.1, -0.05) is 48.4 Å². The molecule has 3 aromatic rings. The number of fused-ring (bicyclic) bond motifs is 1. The predicted molar refractivity (Wildman–Crippen MR) is 103 cm³/mol. The lowest BCUT2D eigenvalue weighted by Gasteiger charge is -2.20. The Kier molecular flexibility index (Phi) is 3.93. The van der Waals surface area contributed by atoms with Crippen LogP contribution in [0.1, 0.15) is 38.6 Å². The zero-order valence-corrected chi connectivity index (χ0v) is 14.7. The topological polar surface area (TPSA) is 48.0 Å². The molecule has 24 heavy (non-hydrogen) atoms. The molecule has 1 saturated carbocycles. The van der Waals surface area contributed by atoms with Crippen LogP contribution in [0.2, 0.25) is 0 Å². The van der Waals surface area contributed by atoms with E-state index in [4.69, 9.17) is 5.73 Å². The Bertz CT molecular complexity index is 934. The monoisotopic (exact) mass is 338 g/mol. The lowest BCUT2D eigenvalue weighted by Crippen LogP contribution is -2.22. The van der Waals surface area contributed by atoms with Crippen molar-refractivity contribution < 1.29 is 0 Å². The molecular formula is C20H22N2OS. The summed E-state index contributed by atoms with van der Waals surface area (Å²) in [6, 6.07) is 14.4. The molecule has 0 aliphatic heterocycles. The number of anilines is 1. The first-order valence-corrected chi connectivity index (χ1v) is 9.47. The predicted octanol–water partition coefficient (Wildman–Crippen LogP) is 5.06. The van der Waals surface area contributed by atoms with E-state index in [9.17, 15) is 4.79 Å². The molecule has 1 atom stereocenters. The highest BCUT2D eigenvalue weighted by Crippen LogP contribution is 2.36. The van der Waals surface area contributed by atoms with E-state index < -0.39 is 0 Å². The summed E-state index contributed by atoms with van der Waals surface area (Å²) in [5.41, 5.74) is 10.0. The quantitative estimate of drug-likeness (QED) is 0.678. The molecule has 4 heteroatoms. The van der Waals surface area contributed by atoms with Gasteiger partial charge in [-0.3, -0.25) is 9.36 Å². The highest BCUT2D eigenvalue weighted by molar-refractivity contribution is 7.16. The number of thiazole rings is 1. The molecule has 4 rings (SSSR count). The highest BCUT2D eigenvalue weighted by Gasteiger charge is 2.25. The van der Waals surface area contributed by atoms with Crippen molar-refractivity contribution in [1.82, 2.24) is 4.57 Å². The van der Waals surface area contributed by atoms with E-state index in [2.05, 4.69) is 25.1 Å². The second-order valence-electron chi connectivity index (χ2n) is 6.79. The minimum atomic E-state index is 0.155. The summed E-state index contributed by atoms with van der Waals surface area (Å²) in [6.07, 6.45) is 5.07. The first kappa shape index (κ1) is 15.5. The maximum absolute atomic E-state index is 12.6. The van der Waals surface area contributed by atoms with Gasteiger partial charge in [0.05, 0.1) is 10.2 Å². The van der Waals surface area contributed by atoms with Gasteiger partial charge >= 0.3 is 4.87 Å². The molecule has 1 heterocycles. The molecule has 0 bridgehead atoms. The van der Waals surface area contributed by atoms with E-state index in [1.165, 1.54) is 37.0 Å². The van der Waals surface area contributed by atoms with Crippen LogP contribution in [0.4, 0.5) is 5.69 Å². The molecule has 2 aromatic carbocycles. The number of nitrogens with two attached hydrogens (primary N) is 1. The van der Waals surface area contributed by atoms with Crippen molar-refractivity contribution in [1.29, 1.82) is 0 Å². The number of hydrogen-bond acceptors (Lipinski definition) is 3. The molecule has 2 N–H and O–H groups in total. The molecule has 124 valence electrons. The molecule has 1 aliphatic carbocycles. The maximum atomic E-state index is 12.6. The van der Waals surface area contributed by atoms with Crippen LogP contribution >= 0.6 is 11.3 Å². The van der Waals surface area contributed by atoms with Crippen LogP contribution in [0.25, 0.3) is 21.3 Å². The summed E-state index contributed by atoms with van der Waals surface area (Å²) in [6.45, 7) is 2.20. The highest BCUT2D eigenvalue weighted by atomic mass is 32.1. The number of hydrogen-bond donors (Lipinski definition) is 1. The SMILES string of the molecule is CC(C1CCCC1)n1c(=O)sc2cc(-c3ccccc3N)ccc21. The van der Waals surface area contributed by atoms with E-state index in [1.54, 1.807) is 0 Å². The maximum Gasteiger partial charge on any atom is 0.308 e. The summed E-state index contributed by atoms with van der Waals surface area (Å²) in [5, 5.41) is 0. The van der Waals surface area contributed by atoms with Crippen LogP contribution in [0.15, 0.2) is 47.3 Å². The minimum Gasteiger partial charge on any atom is -0.398 e. The van der Waals surface area contributed by atoms with Crippen LogP contribution in [-0.2, 0) is 0 Å². The van der Waals surface area contributed by atoms with Crippen LogP contribution in [0.5, 0.6) is 0 Å². The normalized spacial score (nSPS) is 16.7. The summed E-state index contributed by atoms with van der Waals surface area (Å²) >= 11 is 1.35. The molecule has 0 radical (unpaired) electrons. The largest absolute Gasteiger partial charge is 0.398 e. The molecule has 3 nitrogen and oxygen atoms in total. The smallest absolute Gasteiger partial charge is 0.308 e. The Labute approximate surface area is 145 Å². The third-order valence-electron chi connectivity index (χ3n) is 5.37. The number of rotatable bonds is 3. The zero-order valence-electron chi connectivity index (χ0n) is 13.9. The van der Waals surface area contributed by atoms with Crippen molar-refractivity contribution in [2.75, 3.05) is 5.73 Å². The van der Waals surface area contributed by atoms with Crippen molar-refractivity contribution >= 4 is 27.2 Å². The van der Waals surface area contributed by atoms with Crippen LogP contribution in [-0.4, -0.2) is 4.57 Å². The van der Waals surface area contributed by atoms with Gasteiger partial charge in [0, 0.05) is 17.3 Å². The summed E-state index contributed by atoms with van der Waals surface area (Å²) in [4.78, 5) is 12.8. The molecular weight excluding hydrogens is 316 g/mol. The van der Waals surface area contributed by atoms with Gasteiger partial charge in [0.1, 0.15) is 0 Å². The first-order chi connectivity index (χ1) is 11.6. The standard InChI is InChI=1S/C20H22N2OS/c1-13(14-6-2-3-7-14)22-18-11-10-15(12-19(18)24-20(22)23)16-8-4-5-9-17(16)21/h4-5,8-14H,2-3,6-7,21H2,1H3. The third kappa shape index (κ3) is 2.55. The summed E-state index contributed by atoms with van der Waals surface area (Å²) < 4.78 is 3.05. The van der Waals surface area contributed by atoms with E-state index in [-0.39, 0.29) is 10.9 Å². The van der Waals surface area contributed by atoms with Crippen molar-refractivity contribution in [3.05, 3.63) is 52.1 Å². The van der Waals surface area contributed by atoms with Gasteiger partial charge in [-0.05, 0) is 49.4 Å². The Morgan fingerprint density at radius 2 is 1.92 bits per heavy atom. The first-order valence-electron chi connectivity index (χ1n) is 8.65. The second kappa shape index (κ2) is 6.10. The molecule has 0 saturated heterocycles. The molecule has 1 aromatic heterocycles. The molecule has 1 fully saturated rings. The van der Waals surface area contributed by atoms with Gasteiger partial charge in [-0.15, -0.1) is 0 Å². The van der Waals surface area contributed by atoms with E-state index in [0.29, 0.717) is 5.92 Å². The number of para-hydroxylation sites is 1. The zero-order chi connectivity index (χ0) is 16.7. The third-order valence-corrected chi connectivity index (χ3v) is 6.29. The van der Waals surface area contributed by atoms with Crippen molar-refractivity contribution in [2.45, 2.75) is 38.6 Å². The van der Waals surface area contributed by atoms with Gasteiger partial charge in [-0.2, -0.15) is 0 Å². The Morgan fingerprint density at radius 3 is 2.67 bits per heavy atom. The average Bonchev–Trinajstić information content (AvgIpc) is 3.21.